The van der Waals surface area contributed by atoms with Crippen molar-refractivity contribution in [1.29, 1.82) is 0 Å². The van der Waals surface area contributed by atoms with Gasteiger partial charge in [0.05, 0.1) is 0 Å². The molecule has 0 spiro atoms. The quantitative estimate of drug-likeness (QED) is 0.634. The summed E-state index contributed by atoms with van der Waals surface area (Å²) in [5.74, 6) is 0.434. The molecule has 0 aliphatic carbocycles. The van der Waals surface area contributed by atoms with E-state index in [0.29, 0.717) is 5.92 Å². The van der Waals surface area contributed by atoms with Crippen molar-refractivity contribution < 1.29 is 0 Å². The van der Waals surface area contributed by atoms with Gasteiger partial charge in [0.2, 0.25) is 0 Å². The molecule has 1 heterocycles. The minimum Gasteiger partial charge on any atom is -0.324 e. The zero-order valence-corrected chi connectivity index (χ0v) is 10.1. The summed E-state index contributed by atoms with van der Waals surface area (Å²) >= 11 is 0. The minimum atomic E-state index is 0.434. The monoisotopic (exact) mass is 213 g/mol. The molecule has 0 saturated carbocycles. The molecule has 1 heteroatoms. The second kappa shape index (κ2) is 5.96. The van der Waals surface area contributed by atoms with E-state index in [1.54, 1.807) is 0 Å². The Balaban J connectivity index is 3.14. The molecule has 0 fully saturated rings. The molecular weight excluding hydrogens is 194 g/mol. The highest BCUT2D eigenvalue weighted by atomic mass is 15.1. The molecule has 1 aliphatic heterocycles. The molecule has 16 heavy (non-hydrogen) atoms. The van der Waals surface area contributed by atoms with Crippen molar-refractivity contribution in [3.63, 3.8) is 0 Å². The Kier molecular flexibility index (Phi) is 4.59. The highest BCUT2D eigenvalue weighted by Crippen LogP contribution is 2.21. The topological polar surface area (TPSA) is 3.24 Å². The van der Waals surface area contributed by atoms with Gasteiger partial charge in [-0.25, -0.2) is 0 Å². The van der Waals surface area contributed by atoms with Gasteiger partial charge in [0.25, 0.3) is 0 Å². The van der Waals surface area contributed by atoms with Crippen molar-refractivity contribution in [2.75, 3.05) is 0 Å². The van der Waals surface area contributed by atoms with Crippen LogP contribution in [-0.4, -0.2) is 4.90 Å². The number of nitrogens with zero attached hydrogens (tertiary/aromatic N) is 1. The first-order chi connectivity index (χ1) is 7.70. The molecule has 0 amide bonds. The first-order valence-electron chi connectivity index (χ1n) is 5.49. The van der Waals surface area contributed by atoms with E-state index in [-0.39, 0.29) is 0 Å². The standard InChI is InChI=1S/C15H19N/c1-5-14(13(3)4)15(6-2)16-11-9-7-8-10-12-16/h5-13H,1-2H2,3-4H3/b15-14-. The summed E-state index contributed by atoms with van der Waals surface area (Å²) in [6, 6.07) is 0. The lowest BCUT2D eigenvalue weighted by Crippen LogP contribution is -2.11. The lowest BCUT2D eigenvalue weighted by Gasteiger charge is -2.21. The predicted octanol–water partition coefficient (Wildman–Crippen LogP) is 4.17. The van der Waals surface area contributed by atoms with E-state index in [2.05, 4.69) is 31.9 Å². The number of rotatable bonds is 4. The maximum atomic E-state index is 3.88. The van der Waals surface area contributed by atoms with Crippen LogP contribution in [0.25, 0.3) is 0 Å². The van der Waals surface area contributed by atoms with Crippen molar-refractivity contribution in [2.24, 2.45) is 5.92 Å². The SMILES string of the molecule is C=C/C(=C(\C=C)N1C=CC=CC=C1)C(C)C. The van der Waals surface area contributed by atoms with Crippen LogP contribution in [0.1, 0.15) is 13.8 Å². The van der Waals surface area contributed by atoms with Crippen molar-refractivity contribution in [3.05, 3.63) is 73.3 Å². The lowest BCUT2D eigenvalue weighted by molar-refractivity contribution is 0.623. The third-order valence-corrected chi connectivity index (χ3v) is 2.44. The van der Waals surface area contributed by atoms with Crippen molar-refractivity contribution in [2.45, 2.75) is 13.8 Å². The highest BCUT2D eigenvalue weighted by molar-refractivity contribution is 5.35. The van der Waals surface area contributed by atoms with Gasteiger partial charge in [-0.05, 0) is 29.7 Å². The summed E-state index contributed by atoms with van der Waals surface area (Å²) in [7, 11) is 0. The molecule has 0 aromatic carbocycles. The maximum absolute atomic E-state index is 3.88. The summed E-state index contributed by atoms with van der Waals surface area (Å²) in [5.41, 5.74) is 2.28. The molecule has 0 saturated heterocycles. The van der Waals surface area contributed by atoms with E-state index < -0.39 is 0 Å². The third kappa shape index (κ3) is 2.86. The molecule has 0 bridgehead atoms. The third-order valence-electron chi connectivity index (χ3n) is 2.44. The van der Waals surface area contributed by atoms with E-state index in [1.807, 2.05) is 48.9 Å². The predicted molar refractivity (Wildman–Crippen MR) is 71.5 cm³/mol. The van der Waals surface area contributed by atoms with Gasteiger partial charge < -0.3 is 4.90 Å². The fraction of sp³-hybridized carbons (Fsp3) is 0.200. The van der Waals surface area contributed by atoms with Gasteiger partial charge in [0.15, 0.2) is 0 Å². The summed E-state index contributed by atoms with van der Waals surface area (Å²) in [6.45, 7) is 12.1. The van der Waals surface area contributed by atoms with Gasteiger partial charge in [-0.2, -0.15) is 0 Å². The van der Waals surface area contributed by atoms with Gasteiger partial charge >= 0.3 is 0 Å². The molecule has 0 radical (unpaired) electrons. The second-order valence-electron chi connectivity index (χ2n) is 3.88. The Labute approximate surface area is 98.5 Å². The van der Waals surface area contributed by atoms with Crippen LogP contribution in [0.2, 0.25) is 0 Å². The van der Waals surface area contributed by atoms with Crippen LogP contribution in [-0.2, 0) is 0 Å². The molecule has 0 aromatic heterocycles. The largest absolute Gasteiger partial charge is 0.324 e. The summed E-state index contributed by atoms with van der Waals surface area (Å²) in [6.07, 6.45) is 15.8. The van der Waals surface area contributed by atoms with Gasteiger partial charge in [-0.1, -0.05) is 45.2 Å². The van der Waals surface area contributed by atoms with Crippen LogP contribution in [0.15, 0.2) is 73.3 Å². The van der Waals surface area contributed by atoms with Crippen LogP contribution >= 0.6 is 0 Å². The lowest BCUT2D eigenvalue weighted by atomic mass is 10.0. The fourth-order valence-corrected chi connectivity index (χ4v) is 1.63. The van der Waals surface area contributed by atoms with E-state index in [1.165, 1.54) is 5.57 Å². The van der Waals surface area contributed by atoms with Crippen LogP contribution in [0, 0.1) is 5.92 Å². The maximum Gasteiger partial charge on any atom is 0.0477 e. The van der Waals surface area contributed by atoms with Crippen LogP contribution < -0.4 is 0 Å². The first kappa shape index (κ1) is 12.3. The molecule has 1 rings (SSSR count). The van der Waals surface area contributed by atoms with Crippen molar-refractivity contribution in [3.8, 4) is 0 Å². The second-order valence-corrected chi connectivity index (χ2v) is 3.88. The van der Waals surface area contributed by atoms with Gasteiger partial charge in [0, 0.05) is 18.1 Å². The van der Waals surface area contributed by atoms with E-state index in [9.17, 15) is 0 Å². The molecule has 1 aliphatic rings. The Hall–Kier alpha value is -1.76. The molecule has 1 nitrogen and oxygen atoms in total. The van der Waals surface area contributed by atoms with Crippen LogP contribution in [0.3, 0.4) is 0 Å². The Bertz CT molecular complexity index is 362. The Morgan fingerprint density at radius 3 is 1.94 bits per heavy atom. The molecule has 0 aromatic rings. The molecule has 84 valence electrons. The van der Waals surface area contributed by atoms with Crippen molar-refractivity contribution in [1.82, 2.24) is 4.90 Å². The molecule has 0 N–H and O–H groups in total. The summed E-state index contributed by atoms with van der Waals surface area (Å²) in [4.78, 5) is 2.06. The van der Waals surface area contributed by atoms with Gasteiger partial charge in [-0.3, -0.25) is 0 Å². The summed E-state index contributed by atoms with van der Waals surface area (Å²) < 4.78 is 0. The first-order valence-corrected chi connectivity index (χ1v) is 5.49. The van der Waals surface area contributed by atoms with Crippen molar-refractivity contribution >= 4 is 0 Å². The van der Waals surface area contributed by atoms with E-state index >= 15 is 0 Å². The normalized spacial score (nSPS) is 16.1. The highest BCUT2D eigenvalue weighted by Gasteiger charge is 2.09. The summed E-state index contributed by atoms with van der Waals surface area (Å²) in [5, 5.41) is 0. The number of allylic oxidation sites excluding steroid dienone is 7. The Morgan fingerprint density at radius 2 is 1.56 bits per heavy atom. The average molecular weight is 213 g/mol. The van der Waals surface area contributed by atoms with Gasteiger partial charge in [-0.15, -0.1) is 0 Å². The number of hydrogen-bond donors (Lipinski definition) is 0. The van der Waals surface area contributed by atoms with Crippen LogP contribution in [0.4, 0.5) is 0 Å². The molecule has 0 unspecified atom stereocenters. The van der Waals surface area contributed by atoms with E-state index in [4.69, 9.17) is 0 Å². The van der Waals surface area contributed by atoms with Crippen LogP contribution in [0.5, 0.6) is 0 Å². The Morgan fingerprint density at radius 1 is 1.00 bits per heavy atom. The average Bonchev–Trinajstić information content (AvgIpc) is 2.53. The van der Waals surface area contributed by atoms with E-state index in [0.717, 1.165) is 5.70 Å². The number of hydrogen-bond acceptors (Lipinski definition) is 1. The smallest absolute Gasteiger partial charge is 0.0477 e. The fourth-order valence-electron chi connectivity index (χ4n) is 1.63. The zero-order chi connectivity index (χ0) is 12.0. The van der Waals surface area contributed by atoms with Gasteiger partial charge in [0.1, 0.15) is 0 Å². The molecular formula is C15H19N. The zero-order valence-electron chi connectivity index (χ0n) is 10.1. The molecule has 0 atom stereocenters. The minimum absolute atomic E-state index is 0.434.